The van der Waals surface area contributed by atoms with Gasteiger partial charge < -0.3 is 10.2 Å². The van der Waals surface area contributed by atoms with Gasteiger partial charge in [0, 0.05) is 0 Å². The summed E-state index contributed by atoms with van der Waals surface area (Å²) in [4.78, 5) is 0. The summed E-state index contributed by atoms with van der Waals surface area (Å²) in [6.45, 7) is 4.04. The molecule has 0 saturated carbocycles. The van der Waals surface area contributed by atoms with Crippen LogP contribution in [0.25, 0.3) is 0 Å². The Hall–Kier alpha value is -0.860. The van der Waals surface area contributed by atoms with Crippen molar-refractivity contribution in [2.45, 2.75) is 25.7 Å². The van der Waals surface area contributed by atoms with E-state index in [4.69, 9.17) is 10.2 Å². The van der Waals surface area contributed by atoms with Crippen molar-refractivity contribution in [3.63, 3.8) is 0 Å². The molecule has 0 rings (SSSR count). The predicted octanol–water partition coefficient (Wildman–Crippen LogP) is 2.45. The summed E-state index contributed by atoms with van der Waals surface area (Å²) in [5, 5.41) is 17.1. The summed E-state index contributed by atoms with van der Waals surface area (Å²) in [6.07, 6.45) is 13.7. The zero-order valence-corrected chi connectivity index (χ0v) is 9.31. The molecule has 0 heterocycles. The lowest BCUT2D eigenvalue weighted by atomic mass is 9.98. The molecule has 1 unspecified atom stereocenters. The van der Waals surface area contributed by atoms with E-state index in [0.717, 1.165) is 25.7 Å². The lowest BCUT2D eigenvalue weighted by Gasteiger charge is -2.08. The third-order valence-corrected chi connectivity index (χ3v) is 2.26. The molecule has 0 aliphatic carbocycles. The van der Waals surface area contributed by atoms with Gasteiger partial charge in [-0.05, 0) is 31.6 Å². The zero-order valence-electron chi connectivity index (χ0n) is 9.31. The highest BCUT2D eigenvalue weighted by atomic mass is 16.3. The topological polar surface area (TPSA) is 40.5 Å². The average molecular weight is 210 g/mol. The molecule has 2 heteroatoms. The van der Waals surface area contributed by atoms with E-state index in [1.54, 1.807) is 12.2 Å². The van der Waals surface area contributed by atoms with Gasteiger partial charge in [-0.2, -0.15) is 0 Å². The van der Waals surface area contributed by atoms with Gasteiger partial charge >= 0.3 is 0 Å². The summed E-state index contributed by atoms with van der Waals surface area (Å²) in [5.74, 6) is 0.496. The molecule has 0 aromatic heterocycles. The Bertz CT molecular complexity index is 195. The van der Waals surface area contributed by atoms with Crippen LogP contribution in [0.5, 0.6) is 0 Å². The minimum Gasteiger partial charge on any atom is -0.392 e. The fraction of sp³-hybridized carbons (Fsp3) is 0.538. The Balaban J connectivity index is 3.56. The highest BCUT2D eigenvalue weighted by Gasteiger charge is 2.00. The second-order valence-electron chi connectivity index (χ2n) is 3.47. The van der Waals surface area contributed by atoms with Crippen molar-refractivity contribution in [1.82, 2.24) is 0 Å². The molecule has 0 fully saturated rings. The molecule has 0 bridgehead atoms. The van der Waals surface area contributed by atoms with Crippen molar-refractivity contribution in [3.05, 3.63) is 37.0 Å². The van der Waals surface area contributed by atoms with E-state index < -0.39 is 0 Å². The van der Waals surface area contributed by atoms with Gasteiger partial charge in [0.25, 0.3) is 0 Å². The van der Waals surface area contributed by atoms with Crippen LogP contribution in [-0.4, -0.2) is 23.4 Å². The summed E-state index contributed by atoms with van der Waals surface area (Å²) >= 11 is 0. The molecular formula is C13H22O2. The Morgan fingerprint density at radius 1 is 1.00 bits per heavy atom. The van der Waals surface area contributed by atoms with Crippen molar-refractivity contribution in [1.29, 1.82) is 0 Å². The van der Waals surface area contributed by atoms with Gasteiger partial charge in [0.05, 0.1) is 13.2 Å². The monoisotopic (exact) mass is 210 g/mol. The molecule has 86 valence electrons. The molecule has 2 N–H and O–H groups in total. The molecule has 15 heavy (non-hydrogen) atoms. The molecular weight excluding hydrogens is 188 g/mol. The number of hydrogen-bond acceptors (Lipinski definition) is 2. The number of unbranched alkanes of at least 4 members (excludes halogenated alkanes) is 1. The highest BCUT2D eigenvalue weighted by Crippen LogP contribution is 2.14. The van der Waals surface area contributed by atoms with Crippen molar-refractivity contribution in [2.24, 2.45) is 5.92 Å². The molecule has 0 aromatic rings. The number of aliphatic hydroxyl groups is 2. The Morgan fingerprint density at radius 2 is 1.67 bits per heavy atom. The van der Waals surface area contributed by atoms with Crippen molar-refractivity contribution in [3.8, 4) is 0 Å². The van der Waals surface area contributed by atoms with Crippen LogP contribution in [0, 0.1) is 5.92 Å². The van der Waals surface area contributed by atoms with Crippen LogP contribution >= 0.6 is 0 Å². The summed E-state index contributed by atoms with van der Waals surface area (Å²) in [5.41, 5.74) is 0. The van der Waals surface area contributed by atoms with Crippen LogP contribution in [0.15, 0.2) is 37.0 Å². The molecule has 0 aromatic carbocycles. The zero-order chi connectivity index (χ0) is 11.4. The quantitative estimate of drug-likeness (QED) is 0.453. The molecule has 0 spiro atoms. The summed E-state index contributed by atoms with van der Waals surface area (Å²) in [7, 11) is 0. The van der Waals surface area contributed by atoms with Crippen molar-refractivity contribution in [2.75, 3.05) is 13.2 Å². The molecule has 0 aliphatic heterocycles. The van der Waals surface area contributed by atoms with Crippen LogP contribution in [0.2, 0.25) is 0 Å². The first-order chi connectivity index (χ1) is 7.35. The van der Waals surface area contributed by atoms with E-state index in [-0.39, 0.29) is 13.2 Å². The van der Waals surface area contributed by atoms with E-state index in [1.807, 2.05) is 18.2 Å². The van der Waals surface area contributed by atoms with E-state index in [0.29, 0.717) is 5.92 Å². The molecule has 0 saturated heterocycles. The fourth-order valence-electron chi connectivity index (χ4n) is 1.37. The highest BCUT2D eigenvalue weighted by molar-refractivity contribution is 4.90. The second kappa shape index (κ2) is 11.2. The predicted molar refractivity (Wildman–Crippen MR) is 64.6 cm³/mol. The molecule has 0 amide bonds. The first-order valence-electron chi connectivity index (χ1n) is 5.49. The Kier molecular flexibility index (Phi) is 10.6. The van der Waals surface area contributed by atoms with E-state index in [9.17, 15) is 0 Å². The first-order valence-corrected chi connectivity index (χ1v) is 5.49. The number of aliphatic hydroxyl groups excluding tert-OH is 2. The van der Waals surface area contributed by atoms with E-state index >= 15 is 0 Å². The van der Waals surface area contributed by atoms with Gasteiger partial charge in [0.2, 0.25) is 0 Å². The molecule has 1 atom stereocenters. The molecule has 2 nitrogen and oxygen atoms in total. The minimum atomic E-state index is 0.114. The van der Waals surface area contributed by atoms with Crippen molar-refractivity contribution >= 4 is 0 Å². The Morgan fingerprint density at radius 3 is 2.27 bits per heavy atom. The lowest BCUT2D eigenvalue weighted by molar-refractivity contribution is 0.342. The minimum absolute atomic E-state index is 0.114. The third-order valence-electron chi connectivity index (χ3n) is 2.26. The third kappa shape index (κ3) is 9.44. The van der Waals surface area contributed by atoms with E-state index in [2.05, 4.69) is 6.58 Å². The van der Waals surface area contributed by atoms with Crippen LogP contribution in [0.3, 0.4) is 0 Å². The smallest absolute Gasteiger partial charge is 0.0612 e. The number of allylic oxidation sites excluding steroid dienone is 3. The largest absolute Gasteiger partial charge is 0.392 e. The van der Waals surface area contributed by atoms with Gasteiger partial charge in [-0.3, -0.25) is 0 Å². The molecule has 0 radical (unpaired) electrons. The maximum absolute atomic E-state index is 8.58. The lowest BCUT2D eigenvalue weighted by Crippen LogP contribution is -1.94. The Labute approximate surface area is 92.6 Å². The number of rotatable bonds is 9. The SMILES string of the molecule is C=CC(C/C=C/CO)CCC/C=C/CO. The maximum Gasteiger partial charge on any atom is 0.0612 e. The van der Waals surface area contributed by atoms with Gasteiger partial charge in [-0.15, -0.1) is 6.58 Å². The van der Waals surface area contributed by atoms with Crippen LogP contribution in [0.4, 0.5) is 0 Å². The second-order valence-corrected chi connectivity index (χ2v) is 3.47. The van der Waals surface area contributed by atoms with Crippen LogP contribution in [0.1, 0.15) is 25.7 Å². The van der Waals surface area contributed by atoms with E-state index in [1.165, 1.54) is 0 Å². The van der Waals surface area contributed by atoms with Crippen LogP contribution < -0.4 is 0 Å². The summed E-state index contributed by atoms with van der Waals surface area (Å²) < 4.78 is 0. The van der Waals surface area contributed by atoms with Gasteiger partial charge in [0.15, 0.2) is 0 Å². The average Bonchev–Trinajstić information content (AvgIpc) is 2.26. The van der Waals surface area contributed by atoms with Gasteiger partial charge in [0.1, 0.15) is 0 Å². The molecule has 0 aliphatic rings. The summed E-state index contributed by atoms with van der Waals surface area (Å²) in [6, 6.07) is 0. The maximum atomic E-state index is 8.58. The fourth-order valence-corrected chi connectivity index (χ4v) is 1.37. The van der Waals surface area contributed by atoms with Crippen LogP contribution in [-0.2, 0) is 0 Å². The van der Waals surface area contributed by atoms with Gasteiger partial charge in [-0.1, -0.05) is 30.4 Å². The standard InChI is InChI=1S/C13H22O2/c1-2-13(10-6-8-12-15)9-5-3-4-7-11-14/h2,4,6-8,13-15H,1,3,5,9-12H2/b7-4+,8-6+. The first kappa shape index (κ1) is 14.1. The normalized spacial score (nSPS) is 13.7. The number of hydrogen-bond donors (Lipinski definition) is 2. The van der Waals surface area contributed by atoms with Gasteiger partial charge in [-0.25, -0.2) is 0 Å². The van der Waals surface area contributed by atoms with Crippen molar-refractivity contribution < 1.29 is 10.2 Å².